The summed E-state index contributed by atoms with van der Waals surface area (Å²) >= 11 is 1.18. The Kier molecular flexibility index (Phi) is 7.76. The predicted octanol–water partition coefficient (Wildman–Crippen LogP) is 4.54. The Bertz CT molecular complexity index is 1860. The second-order valence-electron chi connectivity index (χ2n) is 9.59. The molecule has 2 aromatic heterocycles. The largest absolute Gasteiger partial charge is 0.491 e. The van der Waals surface area contributed by atoms with E-state index < -0.39 is 18.0 Å². The van der Waals surface area contributed by atoms with Crippen molar-refractivity contribution in [2.45, 2.75) is 39.8 Å². The van der Waals surface area contributed by atoms with E-state index in [9.17, 15) is 19.5 Å². The molecule has 1 aliphatic rings. The van der Waals surface area contributed by atoms with Gasteiger partial charge in [0, 0.05) is 17.2 Å². The van der Waals surface area contributed by atoms with Gasteiger partial charge in [0.25, 0.3) is 5.56 Å². The molecule has 1 atom stereocenters. The van der Waals surface area contributed by atoms with Gasteiger partial charge in [-0.3, -0.25) is 9.36 Å². The summed E-state index contributed by atoms with van der Waals surface area (Å²) in [6, 6.07) is 16.4. The van der Waals surface area contributed by atoms with Crippen molar-refractivity contribution in [3.05, 3.63) is 109 Å². The first kappa shape index (κ1) is 27.9. The van der Waals surface area contributed by atoms with Crippen LogP contribution in [0.3, 0.4) is 0 Å². The molecule has 0 fully saturated rings. The number of fused-ring (bicyclic) bond motifs is 1. The molecule has 210 valence electrons. The summed E-state index contributed by atoms with van der Waals surface area (Å²) in [5, 5.41) is 9.31. The number of ether oxygens (including phenoxy) is 2. The molecule has 10 heteroatoms. The lowest BCUT2D eigenvalue weighted by molar-refractivity contribution is -0.139. The first-order valence-electron chi connectivity index (χ1n) is 13.1. The van der Waals surface area contributed by atoms with Gasteiger partial charge < -0.3 is 19.0 Å². The molecule has 0 amide bonds. The van der Waals surface area contributed by atoms with Gasteiger partial charge in [0.2, 0.25) is 0 Å². The van der Waals surface area contributed by atoms with Gasteiger partial charge in [0.1, 0.15) is 23.3 Å². The highest BCUT2D eigenvalue weighted by Crippen LogP contribution is 2.36. The molecule has 0 saturated carbocycles. The van der Waals surface area contributed by atoms with Crippen molar-refractivity contribution in [3.63, 3.8) is 0 Å². The number of carbonyl (C=O) groups is 2. The normalized spacial score (nSPS) is 15.0. The number of esters is 1. The van der Waals surface area contributed by atoms with E-state index in [0.29, 0.717) is 43.4 Å². The van der Waals surface area contributed by atoms with E-state index in [1.165, 1.54) is 28.0 Å². The van der Waals surface area contributed by atoms with Crippen molar-refractivity contribution in [2.75, 3.05) is 6.61 Å². The summed E-state index contributed by atoms with van der Waals surface area (Å²) in [7, 11) is 0. The zero-order chi connectivity index (χ0) is 29.3. The molecule has 4 aromatic rings. The molecule has 3 heterocycles. The fourth-order valence-corrected chi connectivity index (χ4v) is 5.70. The zero-order valence-corrected chi connectivity index (χ0v) is 23.7. The first-order chi connectivity index (χ1) is 19.7. The average molecular weight is 573 g/mol. The molecule has 0 aliphatic carbocycles. The van der Waals surface area contributed by atoms with Crippen LogP contribution in [0.4, 0.5) is 0 Å². The number of rotatable bonds is 8. The number of carboxylic acid groups (broad SMARTS) is 1. The third-order valence-corrected chi connectivity index (χ3v) is 7.37. The van der Waals surface area contributed by atoms with Gasteiger partial charge in [-0.15, -0.1) is 0 Å². The lowest BCUT2D eigenvalue weighted by Gasteiger charge is -2.26. The van der Waals surface area contributed by atoms with E-state index >= 15 is 0 Å². The van der Waals surface area contributed by atoms with Crippen LogP contribution in [0.1, 0.15) is 55.4 Å². The minimum atomic E-state index is -1.04. The minimum Gasteiger partial charge on any atom is -0.491 e. The van der Waals surface area contributed by atoms with Crippen LogP contribution in [0.5, 0.6) is 5.75 Å². The Hall–Kier alpha value is -4.70. The van der Waals surface area contributed by atoms with Crippen molar-refractivity contribution >= 4 is 29.4 Å². The highest BCUT2D eigenvalue weighted by atomic mass is 32.1. The van der Waals surface area contributed by atoms with Crippen LogP contribution in [-0.4, -0.2) is 34.3 Å². The number of hydrogen-bond acceptors (Lipinski definition) is 8. The van der Waals surface area contributed by atoms with Crippen LogP contribution in [0, 0.1) is 0 Å². The molecule has 0 bridgehead atoms. The number of nitrogens with zero attached hydrogens (tertiary/aromatic N) is 2. The number of carbonyl (C=O) groups excluding carboxylic acids is 1. The minimum absolute atomic E-state index is 0.132. The summed E-state index contributed by atoms with van der Waals surface area (Å²) < 4.78 is 19.3. The Labute approximate surface area is 239 Å². The number of para-hydroxylation sites is 1. The predicted molar refractivity (Wildman–Crippen MR) is 154 cm³/mol. The first-order valence-corrected chi connectivity index (χ1v) is 13.9. The van der Waals surface area contributed by atoms with Crippen molar-refractivity contribution in [1.29, 1.82) is 0 Å². The summed E-state index contributed by atoms with van der Waals surface area (Å²) in [4.78, 5) is 43.5. The van der Waals surface area contributed by atoms with E-state index in [0.717, 1.165) is 0 Å². The van der Waals surface area contributed by atoms with Gasteiger partial charge in [0.15, 0.2) is 4.80 Å². The fraction of sp³-hybridized carbons (Fsp3) is 0.226. The monoisotopic (exact) mass is 572 g/mol. The van der Waals surface area contributed by atoms with Gasteiger partial charge in [0.05, 0.1) is 34.1 Å². The third-order valence-electron chi connectivity index (χ3n) is 6.39. The number of furan rings is 1. The standard InChI is InChI=1S/C31H28N2O7S/c1-5-38-30(37)26-18(4)32-31-33(27(26)22-11-6-7-12-24(22)39-17(2)3)28(34)25(41-31)16-21-13-14-23(40-21)19-9-8-10-20(15-19)29(35)36/h6-17,27H,5H2,1-4H3,(H,35,36)/b25-16-/t27-/m1/s1. The van der Waals surface area contributed by atoms with Crippen LogP contribution < -0.4 is 19.6 Å². The van der Waals surface area contributed by atoms with Crippen LogP contribution in [0.25, 0.3) is 17.4 Å². The summed E-state index contributed by atoms with van der Waals surface area (Å²) in [5.41, 5.74) is 1.76. The summed E-state index contributed by atoms with van der Waals surface area (Å²) in [6.45, 7) is 7.44. The molecule has 41 heavy (non-hydrogen) atoms. The van der Waals surface area contributed by atoms with Crippen molar-refractivity contribution in [2.24, 2.45) is 4.99 Å². The number of aromatic nitrogens is 1. The van der Waals surface area contributed by atoms with Crippen LogP contribution in [0.2, 0.25) is 0 Å². The molecule has 1 N–H and O–H groups in total. The Morgan fingerprint density at radius 2 is 1.93 bits per heavy atom. The Morgan fingerprint density at radius 3 is 2.66 bits per heavy atom. The second kappa shape index (κ2) is 11.4. The van der Waals surface area contributed by atoms with Crippen LogP contribution >= 0.6 is 11.3 Å². The molecule has 5 rings (SSSR count). The fourth-order valence-electron chi connectivity index (χ4n) is 4.67. The van der Waals surface area contributed by atoms with E-state index in [1.807, 2.05) is 38.1 Å². The van der Waals surface area contributed by atoms with Gasteiger partial charge in [-0.2, -0.15) is 0 Å². The lowest BCUT2D eigenvalue weighted by Crippen LogP contribution is -2.40. The SMILES string of the molecule is CCOC(=O)C1=C(C)N=c2s/c(=C\c3ccc(-c4cccc(C(=O)O)c4)o3)c(=O)n2[C@@H]1c1ccccc1OC(C)C. The van der Waals surface area contributed by atoms with E-state index in [4.69, 9.17) is 13.9 Å². The van der Waals surface area contributed by atoms with E-state index in [2.05, 4.69) is 4.99 Å². The van der Waals surface area contributed by atoms with Crippen molar-refractivity contribution in [1.82, 2.24) is 4.57 Å². The van der Waals surface area contributed by atoms with Gasteiger partial charge in [-0.25, -0.2) is 14.6 Å². The Morgan fingerprint density at radius 1 is 1.15 bits per heavy atom. The maximum atomic E-state index is 13.9. The number of thiazole rings is 1. The topological polar surface area (TPSA) is 120 Å². The van der Waals surface area contributed by atoms with Crippen molar-refractivity contribution < 1.29 is 28.6 Å². The number of allylic oxidation sites excluding steroid dienone is 1. The van der Waals surface area contributed by atoms with Crippen LogP contribution in [-0.2, 0) is 9.53 Å². The number of benzene rings is 2. The summed E-state index contributed by atoms with van der Waals surface area (Å²) in [6.07, 6.45) is 1.48. The smallest absolute Gasteiger partial charge is 0.338 e. The van der Waals surface area contributed by atoms with Gasteiger partial charge >= 0.3 is 11.9 Å². The molecule has 2 aromatic carbocycles. The second-order valence-corrected chi connectivity index (χ2v) is 10.6. The van der Waals surface area contributed by atoms with Gasteiger partial charge in [-0.1, -0.05) is 41.7 Å². The maximum Gasteiger partial charge on any atom is 0.338 e. The lowest BCUT2D eigenvalue weighted by atomic mass is 9.95. The summed E-state index contributed by atoms with van der Waals surface area (Å²) in [5.74, 6) is -0.158. The number of hydrogen-bond donors (Lipinski definition) is 1. The van der Waals surface area contributed by atoms with Gasteiger partial charge in [-0.05, 0) is 58.0 Å². The third kappa shape index (κ3) is 5.51. The average Bonchev–Trinajstić information content (AvgIpc) is 3.52. The highest BCUT2D eigenvalue weighted by molar-refractivity contribution is 7.07. The molecular weight excluding hydrogens is 544 g/mol. The molecule has 1 aliphatic heterocycles. The van der Waals surface area contributed by atoms with Crippen LogP contribution in [0.15, 0.2) is 86.1 Å². The van der Waals surface area contributed by atoms with E-state index in [-0.39, 0.29) is 29.4 Å². The molecule has 0 spiro atoms. The number of aromatic carboxylic acids is 1. The molecular formula is C31H28N2O7S. The molecule has 0 radical (unpaired) electrons. The van der Waals surface area contributed by atoms with Crippen molar-refractivity contribution in [3.8, 4) is 17.1 Å². The highest BCUT2D eigenvalue weighted by Gasteiger charge is 2.35. The molecule has 9 nitrogen and oxygen atoms in total. The molecule has 0 saturated heterocycles. The quantitative estimate of drug-likeness (QED) is 0.308. The Balaban J connectivity index is 1.64. The van der Waals surface area contributed by atoms with E-state index in [1.54, 1.807) is 44.2 Å². The number of carboxylic acids is 1. The zero-order valence-electron chi connectivity index (χ0n) is 22.9. The molecule has 0 unspecified atom stereocenters. The maximum absolute atomic E-state index is 13.9.